The third-order valence-corrected chi connectivity index (χ3v) is 11.8. The zero-order chi connectivity index (χ0) is 24.1. The molecule has 0 bridgehead atoms. The number of hydrogen-bond acceptors (Lipinski definition) is 5. The third-order valence-electron chi connectivity index (χ3n) is 10.7. The fourth-order valence-corrected chi connectivity index (χ4v) is 10.3. The lowest BCUT2D eigenvalue weighted by molar-refractivity contribution is -0.194. The molecule has 0 heterocycles. The van der Waals surface area contributed by atoms with E-state index in [0.717, 1.165) is 32.1 Å². The summed E-state index contributed by atoms with van der Waals surface area (Å²) in [6.45, 7) is 8.84. The van der Waals surface area contributed by atoms with Crippen molar-refractivity contribution in [1.82, 2.24) is 0 Å². The van der Waals surface area contributed by atoms with E-state index in [0.29, 0.717) is 35.5 Å². The van der Waals surface area contributed by atoms with Gasteiger partial charge in [-0.05, 0) is 98.2 Å². The molecule has 1 N–H and O–H groups in total. The maximum Gasteiger partial charge on any atom is 0.318 e. The van der Waals surface area contributed by atoms with Crippen molar-refractivity contribution in [3.63, 3.8) is 0 Å². The lowest BCUT2D eigenvalue weighted by atomic mass is 9.43. The van der Waals surface area contributed by atoms with Gasteiger partial charge in [-0.2, -0.15) is 0 Å². The third kappa shape index (κ3) is 4.49. The van der Waals surface area contributed by atoms with Crippen molar-refractivity contribution >= 4 is 34.5 Å². The van der Waals surface area contributed by atoms with Crippen LogP contribution in [0, 0.1) is 46.3 Å². The van der Waals surface area contributed by atoms with E-state index < -0.39 is 0 Å². The maximum absolute atomic E-state index is 12.1. The summed E-state index contributed by atoms with van der Waals surface area (Å²) in [6, 6.07) is 0. The first kappa shape index (κ1) is 25.7. The zero-order valence-corrected chi connectivity index (χ0v) is 23.2. The molecule has 4 aliphatic carbocycles. The number of rotatable bonds is 5. The van der Waals surface area contributed by atoms with Gasteiger partial charge in [0.1, 0.15) is 10.0 Å². The second kappa shape index (κ2) is 9.59. The second-order valence-electron chi connectivity index (χ2n) is 12.2. The highest BCUT2D eigenvalue weighted by Gasteiger charge is 2.63. The van der Waals surface area contributed by atoms with Gasteiger partial charge in [0.05, 0.1) is 13.2 Å². The van der Waals surface area contributed by atoms with E-state index in [1.165, 1.54) is 32.8 Å². The van der Waals surface area contributed by atoms with E-state index in [-0.39, 0.29) is 38.9 Å². The summed E-state index contributed by atoms with van der Waals surface area (Å²) in [5, 5.41) is 10.4. The SMILES string of the molecule is COC(=O)C(I)C[C@@H](C)C1CCC2C3C(CC[C@@]21C)[C@@]1(C)CC[C@@H](O)CC1C[C@@H]3OC(C)=O. The first-order valence-corrected chi connectivity index (χ1v) is 14.3. The summed E-state index contributed by atoms with van der Waals surface area (Å²) in [4.78, 5) is 24.2. The van der Waals surface area contributed by atoms with Crippen molar-refractivity contribution in [3.8, 4) is 0 Å². The van der Waals surface area contributed by atoms with Gasteiger partial charge in [-0.3, -0.25) is 9.59 Å². The first-order chi connectivity index (χ1) is 15.5. The molecular weight excluding hydrogens is 531 g/mol. The van der Waals surface area contributed by atoms with Crippen LogP contribution in [0.3, 0.4) is 0 Å². The number of methoxy groups -OCH3 is 1. The number of aliphatic hydroxyl groups is 1. The Labute approximate surface area is 213 Å². The molecule has 0 aromatic heterocycles. The summed E-state index contributed by atoms with van der Waals surface area (Å²) in [5.41, 5.74) is 0.465. The Balaban J connectivity index is 1.60. The molecule has 0 amide bonds. The molecule has 188 valence electrons. The minimum atomic E-state index is -0.209. The van der Waals surface area contributed by atoms with E-state index in [2.05, 4.69) is 43.4 Å². The number of fused-ring (bicyclic) bond motifs is 5. The van der Waals surface area contributed by atoms with Crippen LogP contribution in [0.5, 0.6) is 0 Å². The summed E-state index contributed by atoms with van der Waals surface area (Å²) in [7, 11) is 1.48. The number of aliphatic hydroxyl groups excluding tert-OH is 1. The van der Waals surface area contributed by atoms with Gasteiger partial charge in [0.25, 0.3) is 0 Å². The lowest BCUT2D eigenvalue weighted by Crippen LogP contribution is -2.59. The standard InChI is InChI=1S/C27H43IO5/c1-15(12-22(28)25(31)32-5)19-6-7-20-24-21(9-11-27(19,20)4)26(3)10-8-18(30)13-17(26)14-23(24)33-16(2)29/h15,17-24,30H,6-14H2,1-5H3/t15-,17?,18-,19?,20?,21?,22?,23+,24?,26+,27-/m1/s1. The predicted octanol–water partition coefficient (Wildman–Crippen LogP) is 5.55. The summed E-state index contributed by atoms with van der Waals surface area (Å²) in [6.07, 6.45) is 9.16. The monoisotopic (exact) mass is 574 g/mol. The van der Waals surface area contributed by atoms with Gasteiger partial charge in [0.15, 0.2) is 0 Å². The quantitative estimate of drug-likeness (QED) is 0.265. The Hall–Kier alpha value is -0.370. The van der Waals surface area contributed by atoms with Gasteiger partial charge < -0.3 is 14.6 Å². The molecule has 4 rings (SSSR count). The lowest BCUT2D eigenvalue weighted by Gasteiger charge is -2.62. The molecule has 0 radical (unpaired) electrons. The normalized spacial score (nSPS) is 46.3. The highest BCUT2D eigenvalue weighted by molar-refractivity contribution is 14.1. The number of halogens is 1. The molecule has 0 aliphatic heterocycles. The molecule has 6 heteroatoms. The fraction of sp³-hybridized carbons (Fsp3) is 0.926. The summed E-state index contributed by atoms with van der Waals surface area (Å²) >= 11 is 2.24. The molecule has 0 saturated heterocycles. The average Bonchev–Trinajstić information content (AvgIpc) is 3.11. The van der Waals surface area contributed by atoms with Crippen LogP contribution in [-0.2, 0) is 19.1 Å². The van der Waals surface area contributed by atoms with E-state index in [4.69, 9.17) is 9.47 Å². The number of carbonyl (C=O) groups excluding carboxylic acids is 2. The Morgan fingerprint density at radius 2 is 1.73 bits per heavy atom. The molecule has 11 atom stereocenters. The first-order valence-electron chi connectivity index (χ1n) is 13.1. The van der Waals surface area contributed by atoms with Gasteiger partial charge in [-0.1, -0.05) is 43.4 Å². The van der Waals surface area contributed by atoms with Crippen LogP contribution in [0.4, 0.5) is 0 Å². The van der Waals surface area contributed by atoms with Gasteiger partial charge in [-0.25, -0.2) is 0 Å². The molecule has 0 aromatic carbocycles. The molecule has 4 aliphatic rings. The van der Waals surface area contributed by atoms with Gasteiger partial charge in [-0.15, -0.1) is 0 Å². The smallest absolute Gasteiger partial charge is 0.318 e. The average molecular weight is 575 g/mol. The van der Waals surface area contributed by atoms with Crippen molar-refractivity contribution in [1.29, 1.82) is 0 Å². The van der Waals surface area contributed by atoms with Crippen molar-refractivity contribution < 1.29 is 24.2 Å². The predicted molar refractivity (Wildman–Crippen MR) is 136 cm³/mol. The van der Waals surface area contributed by atoms with Gasteiger partial charge in [0.2, 0.25) is 0 Å². The van der Waals surface area contributed by atoms with Crippen LogP contribution in [-0.4, -0.2) is 40.3 Å². The molecule has 33 heavy (non-hydrogen) atoms. The highest BCUT2D eigenvalue weighted by atomic mass is 127. The van der Waals surface area contributed by atoms with Gasteiger partial charge >= 0.3 is 11.9 Å². The molecule has 0 aromatic rings. The maximum atomic E-state index is 12.1. The molecule has 4 saturated carbocycles. The minimum Gasteiger partial charge on any atom is -0.468 e. The van der Waals surface area contributed by atoms with Crippen molar-refractivity contribution in [2.45, 2.75) is 102 Å². The number of hydrogen-bond donors (Lipinski definition) is 1. The van der Waals surface area contributed by atoms with Crippen molar-refractivity contribution in [2.75, 3.05) is 7.11 Å². The number of ether oxygens (including phenoxy) is 2. The molecule has 6 unspecified atom stereocenters. The largest absolute Gasteiger partial charge is 0.468 e. The minimum absolute atomic E-state index is 0.0260. The van der Waals surface area contributed by atoms with Crippen LogP contribution in [0.2, 0.25) is 0 Å². The van der Waals surface area contributed by atoms with E-state index >= 15 is 0 Å². The fourth-order valence-electron chi connectivity index (χ4n) is 9.20. The summed E-state index contributed by atoms with van der Waals surface area (Å²) < 4.78 is 11.0. The number of esters is 2. The molecule has 0 spiro atoms. The van der Waals surface area contributed by atoms with Crippen LogP contribution in [0.25, 0.3) is 0 Å². The van der Waals surface area contributed by atoms with E-state index in [9.17, 15) is 14.7 Å². The van der Waals surface area contributed by atoms with Crippen LogP contribution in [0.1, 0.15) is 85.5 Å². The topological polar surface area (TPSA) is 72.8 Å². The number of carbonyl (C=O) groups is 2. The van der Waals surface area contributed by atoms with Crippen LogP contribution < -0.4 is 0 Å². The Morgan fingerprint density at radius 3 is 2.39 bits per heavy atom. The zero-order valence-electron chi connectivity index (χ0n) is 21.0. The second-order valence-corrected chi connectivity index (χ2v) is 13.7. The number of alkyl halides is 1. The Morgan fingerprint density at radius 1 is 1.06 bits per heavy atom. The Kier molecular flexibility index (Phi) is 7.47. The van der Waals surface area contributed by atoms with E-state index in [1.54, 1.807) is 6.92 Å². The Bertz CT molecular complexity index is 757. The van der Waals surface area contributed by atoms with E-state index in [1.807, 2.05) is 0 Å². The van der Waals surface area contributed by atoms with Crippen molar-refractivity contribution in [3.05, 3.63) is 0 Å². The van der Waals surface area contributed by atoms with Crippen molar-refractivity contribution in [2.24, 2.45) is 46.3 Å². The van der Waals surface area contributed by atoms with Crippen LogP contribution in [0.15, 0.2) is 0 Å². The van der Waals surface area contributed by atoms with Gasteiger partial charge in [0, 0.05) is 12.8 Å². The molecule has 5 nitrogen and oxygen atoms in total. The highest BCUT2D eigenvalue weighted by Crippen LogP contribution is 2.68. The molecular formula is C27H43IO5. The summed E-state index contributed by atoms with van der Waals surface area (Å²) in [5.74, 6) is 2.73. The van der Waals surface area contributed by atoms with Crippen LogP contribution >= 0.6 is 22.6 Å². The molecule has 4 fully saturated rings.